The Morgan fingerprint density at radius 1 is 1.02 bits per heavy atom. The van der Waals surface area contributed by atoms with Crippen LogP contribution in [0.3, 0.4) is 0 Å². The Balaban J connectivity index is 1.49. The summed E-state index contributed by atoms with van der Waals surface area (Å²) in [7, 11) is -3.96. The van der Waals surface area contributed by atoms with Gasteiger partial charge < -0.3 is 20.5 Å². The molecule has 12 nitrogen and oxygen atoms in total. The third-order valence-corrected chi connectivity index (χ3v) is 9.71. The van der Waals surface area contributed by atoms with Gasteiger partial charge in [0.1, 0.15) is 17.7 Å². The van der Waals surface area contributed by atoms with E-state index in [0.717, 1.165) is 27.6 Å². The Bertz CT molecular complexity index is 1500. The molecule has 45 heavy (non-hydrogen) atoms. The molecule has 2 aromatic rings. The largest absolute Gasteiger partial charge is 0.480 e. The molecule has 2 aliphatic rings. The number of hydrogen-bond donors (Lipinski definition) is 3. The lowest BCUT2D eigenvalue weighted by Crippen LogP contribution is -2.52. The zero-order valence-corrected chi connectivity index (χ0v) is 26.9. The molecule has 3 N–H and O–H groups in total. The summed E-state index contributed by atoms with van der Waals surface area (Å²) in [5, 5.41) is 15.6. The molecule has 0 bridgehead atoms. The number of carboxylic acid groups (broad SMARTS) is 1. The third kappa shape index (κ3) is 8.47. The number of hydrogen-bond acceptors (Lipinski definition) is 8. The maximum absolute atomic E-state index is 13.4. The van der Waals surface area contributed by atoms with E-state index in [0.29, 0.717) is 24.9 Å². The van der Waals surface area contributed by atoms with Crippen molar-refractivity contribution in [2.24, 2.45) is 0 Å². The molecule has 2 fully saturated rings. The average Bonchev–Trinajstić information content (AvgIpc) is 3.49. The molecule has 2 heterocycles. The Hall–Kier alpha value is -3.81. The quantitative estimate of drug-likeness (QED) is 0.372. The molecule has 2 saturated heterocycles. The molecule has 0 spiro atoms. The number of piperidine rings is 1. The van der Waals surface area contributed by atoms with Gasteiger partial charge in [-0.3, -0.25) is 9.59 Å². The first kappa shape index (κ1) is 34.1. The number of carboxylic acids is 1. The highest BCUT2D eigenvalue weighted by Crippen LogP contribution is 2.27. The highest BCUT2D eigenvalue weighted by atomic mass is 32.2. The van der Waals surface area contributed by atoms with Crippen molar-refractivity contribution >= 4 is 39.6 Å². The Morgan fingerprint density at radius 2 is 1.69 bits per heavy atom. The minimum atomic E-state index is -3.96. The van der Waals surface area contributed by atoms with Crippen LogP contribution in [0.4, 0.5) is 10.5 Å². The van der Waals surface area contributed by atoms with E-state index in [1.54, 1.807) is 45.0 Å². The summed E-state index contributed by atoms with van der Waals surface area (Å²) in [5.74, 6) is -2.41. The van der Waals surface area contributed by atoms with Crippen LogP contribution in [0.1, 0.15) is 64.0 Å². The second kappa shape index (κ2) is 14.1. The maximum atomic E-state index is 13.4. The summed E-state index contributed by atoms with van der Waals surface area (Å²) in [6.07, 6.45) is 2.18. The van der Waals surface area contributed by atoms with Crippen molar-refractivity contribution in [2.45, 2.75) is 94.8 Å². The zero-order chi connectivity index (χ0) is 32.9. The number of benzene rings is 2. The number of sulfonamides is 1. The summed E-state index contributed by atoms with van der Waals surface area (Å²) >= 11 is 0. The molecule has 0 aromatic heterocycles. The van der Waals surface area contributed by atoms with Crippen molar-refractivity contribution in [1.82, 2.24) is 14.9 Å². The number of carbonyl (C=O) groups excluding carboxylic acids is 3. The average molecular weight is 643 g/mol. The first-order valence-corrected chi connectivity index (χ1v) is 16.6. The second-order valence-electron chi connectivity index (χ2n) is 12.5. The molecule has 0 aliphatic carbocycles. The van der Waals surface area contributed by atoms with Gasteiger partial charge >= 0.3 is 12.1 Å². The summed E-state index contributed by atoms with van der Waals surface area (Å²) in [5.41, 5.74) is 0.850. The van der Waals surface area contributed by atoms with Gasteiger partial charge in [-0.15, -0.1) is 0 Å². The topological polar surface area (TPSA) is 162 Å². The zero-order valence-electron chi connectivity index (χ0n) is 26.1. The van der Waals surface area contributed by atoms with Crippen molar-refractivity contribution in [3.63, 3.8) is 0 Å². The molecule has 244 valence electrons. The highest BCUT2D eigenvalue weighted by molar-refractivity contribution is 7.89. The summed E-state index contributed by atoms with van der Waals surface area (Å²) in [6.45, 7) is 7.77. The molecule has 3 amide bonds. The standard InChI is InChI=1S/C32H42N4O8S/c1-21-10-16-24(17-11-21)45(42,43)35-19-7-9-27(35)28(37)34-26(30(39)40)20-22-12-14-23(15-13-22)36(31(41)44-32(2,3)4)29(38)25-8-5-6-18-33-25/h10-17,25-27,33H,5-9,18-20H2,1-4H3,(H,34,37)(H,39,40)/t25?,26-,27-/m0/s1. The van der Waals surface area contributed by atoms with Gasteiger partial charge in [0.05, 0.1) is 16.6 Å². The lowest BCUT2D eigenvalue weighted by Gasteiger charge is -2.30. The van der Waals surface area contributed by atoms with Crippen LogP contribution in [-0.4, -0.2) is 78.5 Å². The van der Waals surface area contributed by atoms with E-state index >= 15 is 0 Å². The van der Waals surface area contributed by atoms with Crippen molar-refractivity contribution in [3.05, 3.63) is 59.7 Å². The SMILES string of the molecule is Cc1ccc(S(=O)(=O)N2CCC[C@H]2C(=O)N[C@@H](Cc2ccc(N(C(=O)OC(C)(C)C)C(=O)C3CCCCN3)cc2)C(=O)O)cc1. The summed E-state index contributed by atoms with van der Waals surface area (Å²) in [4.78, 5) is 53.1. The second-order valence-corrected chi connectivity index (χ2v) is 14.4. The molecule has 1 unspecified atom stereocenters. The van der Waals surface area contributed by atoms with Gasteiger partial charge in [0.2, 0.25) is 15.9 Å². The van der Waals surface area contributed by atoms with E-state index in [2.05, 4.69) is 10.6 Å². The smallest absolute Gasteiger partial charge is 0.421 e. The summed E-state index contributed by atoms with van der Waals surface area (Å²) < 4.78 is 33.2. The molecule has 13 heteroatoms. The Morgan fingerprint density at radius 3 is 2.27 bits per heavy atom. The van der Waals surface area contributed by atoms with Crippen molar-refractivity contribution in [2.75, 3.05) is 18.0 Å². The van der Waals surface area contributed by atoms with Crippen LogP contribution >= 0.6 is 0 Å². The number of amides is 3. The number of nitrogens with zero attached hydrogens (tertiary/aromatic N) is 2. The first-order valence-electron chi connectivity index (χ1n) is 15.2. The number of anilines is 1. The Labute approximate surface area is 264 Å². The van der Waals surface area contributed by atoms with Gasteiger partial charge in [-0.05, 0) is 89.8 Å². The van der Waals surface area contributed by atoms with E-state index in [1.807, 2.05) is 6.92 Å². The fraction of sp³-hybridized carbons (Fsp3) is 0.500. The van der Waals surface area contributed by atoms with Crippen molar-refractivity contribution in [3.8, 4) is 0 Å². The van der Waals surface area contributed by atoms with Crippen LogP contribution in [0.25, 0.3) is 0 Å². The van der Waals surface area contributed by atoms with Gasteiger partial charge in [0.25, 0.3) is 5.91 Å². The lowest BCUT2D eigenvalue weighted by atomic mass is 10.0. The number of carbonyl (C=O) groups is 4. The number of aliphatic carboxylic acids is 1. The predicted octanol–water partition coefficient (Wildman–Crippen LogP) is 3.37. The van der Waals surface area contributed by atoms with Gasteiger partial charge in [-0.25, -0.2) is 22.9 Å². The predicted molar refractivity (Wildman–Crippen MR) is 167 cm³/mol. The minimum absolute atomic E-state index is 0.0702. The lowest BCUT2D eigenvalue weighted by molar-refractivity contribution is -0.142. The fourth-order valence-corrected chi connectivity index (χ4v) is 7.13. The molecule has 2 aliphatic heterocycles. The van der Waals surface area contributed by atoms with Gasteiger partial charge in [0, 0.05) is 13.0 Å². The molecular weight excluding hydrogens is 600 g/mol. The molecule has 3 atom stereocenters. The third-order valence-electron chi connectivity index (χ3n) is 7.79. The van der Waals surface area contributed by atoms with E-state index in [9.17, 15) is 32.7 Å². The monoisotopic (exact) mass is 642 g/mol. The van der Waals surface area contributed by atoms with Crippen LogP contribution in [0, 0.1) is 6.92 Å². The van der Waals surface area contributed by atoms with Gasteiger partial charge in [-0.1, -0.05) is 36.2 Å². The van der Waals surface area contributed by atoms with Crippen molar-refractivity contribution < 1.29 is 37.4 Å². The molecule has 4 rings (SSSR count). The first-order chi connectivity index (χ1) is 21.2. The van der Waals surface area contributed by atoms with E-state index in [4.69, 9.17) is 4.74 Å². The number of rotatable bonds is 9. The fourth-order valence-electron chi connectivity index (χ4n) is 5.47. The number of aryl methyl sites for hydroxylation is 1. The molecular formula is C32H42N4O8S. The van der Waals surface area contributed by atoms with Crippen LogP contribution in [0.2, 0.25) is 0 Å². The van der Waals surface area contributed by atoms with Crippen LogP contribution < -0.4 is 15.5 Å². The minimum Gasteiger partial charge on any atom is -0.480 e. The number of nitrogens with one attached hydrogen (secondary N) is 2. The van der Waals surface area contributed by atoms with Gasteiger partial charge in [-0.2, -0.15) is 4.31 Å². The van der Waals surface area contributed by atoms with Gasteiger partial charge in [0.15, 0.2) is 0 Å². The molecule has 0 saturated carbocycles. The van der Waals surface area contributed by atoms with E-state index in [1.165, 1.54) is 24.3 Å². The summed E-state index contributed by atoms with van der Waals surface area (Å²) in [6, 6.07) is 9.66. The van der Waals surface area contributed by atoms with Crippen LogP contribution in [0.15, 0.2) is 53.4 Å². The molecule has 2 aromatic carbocycles. The van der Waals surface area contributed by atoms with E-state index < -0.39 is 57.6 Å². The Kier molecular flexibility index (Phi) is 10.7. The maximum Gasteiger partial charge on any atom is 0.421 e. The number of ether oxygens (including phenoxy) is 1. The van der Waals surface area contributed by atoms with Crippen LogP contribution in [-0.2, 0) is 35.6 Å². The molecule has 0 radical (unpaired) electrons. The van der Waals surface area contributed by atoms with Crippen LogP contribution in [0.5, 0.6) is 0 Å². The van der Waals surface area contributed by atoms with E-state index in [-0.39, 0.29) is 30.0 Å². The number of imide groups is 1. The highest BCUT2D eigenvalue weighted by Gasteiger charge is 2.40. The van der Waals surface area contributed by atoms with Crippen molar-refractivity contribution in [1.29, 1.82) is 0 Å². The normalized spacial score (nSPS) is 19.8.